The van der Waals surface area contributed by atoms with Crippen LogP contribution in [0.1, 0.15) is 26.2 Å². The van der Waals surface area contributed by atoms with Gasteiger partial charge in [-0.25, -0.2) is 8.42 Å². The van der Waals surface area contributed by atoms with Crippen molar-refractivity contribution in [1.82, 2.24) is 0 Å². The minimum Gasteiger partial charge on any atom is -0.469 e. The van der Waals surface area contributed by atoms with E-state index in [-0.39, 0.29) is 11.5 Å². The number of nitriles is 1. The second-order valence-electron chi connectivity index (χ2n) is 3.65. The molecule has 0 heterocycles. The Hall–Kier alpha value is -1.09. The molecule has 5 nitrogen and oxygen atoms in total. The number of sulfone groups is 1. The van der Waals surface area contributed by atoms with Crippen molar-refractivity contribution in [3.8, 4) is 6.07 Å². The van der Waals surface area contributed by atoms with Gasteiger partial charge in [-0.1, -0.05) is 6.92 Å². The van der Waals surface area contributed by atoms with E-state index in [2.05, 4.69) is 4.74 Å². The number of unbranched alkanes of at least 4 members (excludes halogenated alkanes) is 2. The van der Waals surface area contributed by atoms with E-state index < -0.39 is 21.7 Å². The minimum absolute atomic E-state index is 0.0238. The van der Waals surface area contributed by atoms with Gasteiger partial charge in [-0.2, -0.15) is 5.26 Å². The standard InChI is InChI=1S/C10H17NO4S/c1-9(10(12)15-2)8-16(13,14)7-5-3-4-6-11/h9H,3-5,7-8H2,1-2H3. The van der Waals surface area contributed by atoms with Crippen LogP contribution in [0.3, 0.4) is 0 Å². The molecule has 0 amide bonds. The molecule has 0 aromatic heterocycles. The molecule has 0 saturated heterocycles. The fraction of sp³-hybridized carbons (Fsp3) is 0.800. The van der Waals surface area contributed by atoms with Crippen molar-refractivity contribution in [3.05, 3.63) is 0 Å². The van der Waals surface area contributed by atoms with Gasteiger partial charge >= 0.3 is 5.97 Å². The van der Waals surface area contributed by atoms with E-state index in [9.17, 15) is 13.2 Å². The molecule has 16 heavy (non-hydrogen) atoms. The molecule has 1 atom stereocenters. The molecule has 1 unspecified atom stereocenters. The highest BCUT2D eigenvalue weighted by Gasteiger charge is 2.21. The Morgan fingerprint density at radius 3 is 2.56 bits per heavy atom. The second kappa shape index (κ2) is 7.23. The molecule has 0 spiro atoms. The molecule has 6 heteroatoms. The smallest absolute Gasteiger partial charge is 0.309 e. The zero-order valence-electron chi connectivity index (χ0n) is 9.60. The molecule has 0 aliphatic heterocycles. The lowest BCUT2D eigenvalue weighted by Crippen LogP contribution is -2.24. The van der Waals surface area contributed by atoms with Crippen molar-refractivity contribution in [3.63, 3.8) is 0 Å². The van der Waals surface area contributed by atoms with Gasteiger partial charge in [0.25, 0.3) is 0 Å². The summed E-state index contributed by atoms with van der Waals surface area (Å²) >= 11 is 0. The summed E-state index contributed by atoms with van der Waals surface area (Å²) in [5.41, 5.74) is 0. The van der Waals surface area contributed by atoms with Gasteiger partial charge in [-0.05, 0) is 12.8 Å². The van der Waals surface area contributed by atoms with Crippen LogP contribution in [-0.4, -0.2) is 33.0 Å². The highest BCUT2D eigenvalue weighted by Crippen LogP contribution is 2.07. The normalized spacial score (nSPS) is 12.8. The minimum atomic E-state index is -3.23. The average Bonchev–Trinajstić information content (AvgIpc) is 2.22. The third-order valence-electron chi connectivity index (χ3n) is 2.10. The number of methoxy groups -OCH3 is 1. The second-order valence-corrected chi connectivity index (χ2v) is 5.88. The number of carbonyl (C=O) groups excluding carboxylic acids is 1. The van der Waals surface area contributed by atoms with Crippen molar-refractivity contribution in [2.45, 2.75) is 26.2 Å². The molecule has 92 valence electrons. The van der Waals surface area contributed by atoms with Crippen LogP contribution in [0, 0.1) is 17.2 Å². The Bertz CT molecular complexity index is 356. The average molecular weight is 247 g/mol. The lowest BCUT2D eigenvalue weighted by atomic mass is 10.2. The quantitative estimate of drug-likeness (QED) is 0.493. The Balaban J connectivity index is 4.06. The fourth-order valence-corrected chi connectivity index (χ4v) is 2.97. The summed E-state index contributed by atoms with van der Waals surface area (Å²) in [4.78, 5) is 11.0. The SMILES string of the molecule is COC(=O)C(C)CS(=O)(=O)CCCCC#N. The van der Waals surface area contributed by atoms with Gasteiger partial charge in [0.1, 0.15) is 0 Å². The maximum atomic E-state index is 11.5. The maximum Gasteiger partial charge on any atom is 0.309 e. The topological polar surface area (TPSA) is 84.2 Å². The molecule has 0 rings (SSSR count). The summed E-state index contributed by atoms with van der Waals surface area (Å²) in [5, 5.41) is 8.29. The molecule has 0 aliphatic carbocycles. The van der Waals surface area contributed by atoms with Gasteiger partial charge in [0.15, 0.2) is 9.84 Å². The summed E-state index contributed by atoms with van der Waals surface area (Å²) in [6, 6.07) is 1.95. The molecule has 0 N–H and O–H groups in total. The summed E-state index contributed by atoms with van der Waals surface area (Å²) < 4.78 is 27.5. The van der Waals surface area contributed by atoms with Crippen molar-refractivity contribution >= 4 is 15.8 Å². The van der Waals surface area contributed by atoms with E-state index in [4.69, 9.17) is 5.26 Å². The van der Waals surface area contributed by atoms with E-state index in [1.54, 1.807) is 0 Å². The Morgan fingerprint density at radius 1 is 1.44 bits per heavy atom. The monoisotopic (exact) mass is 247 g/mol. The van der Waals surface area contributed by atoms with Gasteiger partial charge < -0.3 is 4.74 Å². The van der Waals surface area contributed by atoms with Crippen LogP contribution >= 0.6 is 0 Å². The Labute approximate surface area is 96.3 Å². The number of hydrogen-bond acceptors (Lipinski definition) is 5. The molecule has 0 aromatic carbocycles. The molecular weight excluding hydrogens is 230 g/mol. The van der Waals surface area contributed by atoms with Crippen molar-refractivity contribution in [2.75, 3.05) is 18.6 Å². The van der Waals surface area contributed by atoms with E-state index >= 15 is 0 Å². The molecule has 0 radical (unpaired) electrons. The molecule has 0 fully saturated rings. The number of carbonyl (C=O) groups is 1. The van der Waals surface area contributed by atoms with Gasteiger partial charge in [0, 0.05) is 6.42 Å². The number of rotatable bonds is 7. The third kappa shape index (κ3) is 6.40. The zero-order chi connectivity index (χ0) is 12.6. The van der Waals surface area contributed by atoms with E-state index in [0.29, 0.717) is 19.3 Å². The van der Waals surface area contributed by atoms with Crippen molar-refractivity contribution < 1.29 is 17.9 Å². The first-order valence-electron chi connectivity index (χ1n) is 5.08. The number of ether oxygens (including phenoxy) is 1. The summed E-state index contributed by atoms with van der Waals surface area (Å²) in [7, 11) is -1.99. The number of nitrogens with zero attached hydrogens (tertiary/aromatic N) is 1. The first-order chi connectivity index (χ1) is 7.43. The Kier molecular flexibility index (Phi) is 6.74. The van der Waals surface area contributed by atoms with E-state index in [0.717, 1.165) is 0 Å². The van der Waals surface area contributed by atoms with Crippen LogP contribution < -0.4 is 0 Å². The van der Waals surface area contributed by atoms with Crippen LogP contribution in [0.2, 0.25) is 0 Å². The van der Waals surface area contributed by atoms with Crippen LogP contribution in [0.4, 0.5) is 0 Å². The highest BCUT2D eigenvalue weighted by atomic mass is 32.2. The van der Waals surface area contributed by atoms with Crippen molar-refractivity contribution in [1.29, 1.82) is 5.26 Å². The van der Waals surface area contributed by atoms with Crippen LogP contribution in [0.15, 0.2) is 0 Å². The van der Waals surface area contributed by atoms with Crippen LogP contribution in [0.5, 0.6) is 0 Å². The van der Waals surface area contributed by atoms with E-state index in [1.165, 1.54) is 14.0 Å². The highest BCUT2D eigenvalue weighted by molar-refractivity contribution is 7.91. The zero-order valence-corrected chi connectivity index (χ0v) is 10.4. The van der Waals surface area contributed by atoms with Crippen LogP contribution in [-0.2, 0) is 19.4 Å². The fourth-order valence-electron chi connectivity index (χ4n) is 1.26. The lowest BCUT2D eigenvalue weighted by Gasteiger charge is -2.09. The lowest BCUT2D eigenvalue weighted by molar-refractivity contribution is -0.144. The van der Waals surface area contributed by atoms with E-state index in [1.807, 2.05) is 6.07 Å². The number of esters is 1. The largest absolute Gasteiger partial charge is 0.469 e. The summed E-state index contributed by atoms with van der Waals surface area (Å²) in [6.45, 7) is 1.53. The molecule has 0 aliphatic rings. The van der Waals surface area contributed by atoms with Gasteiger partial charge in [0.05, 0.1) is 30.6 Å². The molecule has 0 bridgehead atoms. The first kappa shape index (κ1) is 14.9. The summed E-state index contributed by atoms with van der Waals surface area (Å²) in [6.07, 6.45) is 1.40. The first-order valence-corrected chi connectivity index (χ1v) is 6.90. The predicted octanol–water partition coefficient (Wildman–Crippen LogP) is 0.904. The third-order valence-corrected chi connectivity index (χ3v) is 4.02. The summed E-state index contributed by atoms with van der Waals surface area (Å²) in [5.74, 6) is -1.31. The maximum absolute atomic E-state index is 11.5. The Morgan fingerprint density at radius 2 is 2.06 bits per heavy atom. The molecule has 0 aromatic rings. The molecule has 0 saturated carbocycles. The van der Waals surface area contributed by atoms with Gasteiger partial charge in [-0.15, -0.1) is 0 Å². The number of hydrogen-bond donors (Lipinski definition) is 0. The van der Waals surface area contributed by atoms with Crippen LogP contribution in [0.25, 0.3) is 0 Å². The molecular formula is C10H17NO4S. The van der Waals surface area contributed by atoms with Gasteiger partial charge in [-0.3, -0.25) is 4.79 Å². The van der Waals surface area contributed by atoms with Crippen molar-refractivity contribution in [2.24, 2.45) is 5.92 Å². The van der Waals surface area contributed by atoms with Gasteiger partial charge in [0.2, 0.25) is 0 Å². The predicted molar refractivity (Wildman–Crippen MR) is 59.3 cm³/mol.